The minimum absolute atomic E-state index is 0.0332. The molecule has 36 heavy (non-hydrogen) atoms. The average molecular weight is 504 g/mol. The summed E-state index contributed by atoms with van der Waals surface area (Å²) in [6.07, 6.45) is 1.56. The van der Waals surface area contributed by atoms with E-state index < -0.39 is 0 Å². The number of hydrogen-bond donors (Lipinski definition) is 2. The van der Waals surface area contributed by atoms with Crippen LogP contribution in [0.1, 0.15) is 24.6 Å². The molecule has 0 radical (unpaired) electrons. The highest BCUT2D eigenvalue weighted by molar-refractivity contribution is 6.30. The van der Waals surface area contributed by atoms with Crippen LogP contribution in [0.4, 0.5) is 10.1 Å². The minimum Gasteiger partial charge on any atom is -0.356 e. The van der Waals surface area contributed by atoms with E-state index in [1.807, 2.05) is 60.7 Å². The van der Waals surface area contributed by atoms with Crippen molar-refractivity contribution < 1.29 is 14.0 Å². The zero-order chi connectivity index (χ0) is 25.5. The van der Waals surface area contributed by atoms with Crippen LogP contribution >= 0.6 is 11.6 Å². The number of benzene rings is 3. The molecule has 0 saturated heterocycles. The Balaban J connectivity index is 1.49. The molecule has 3 aromatic carbocycles. The van der Waals surface area contributed by atoms with E-state index in [4.69, 9.17) is 11.6 Å². The molecule has 1 heterocycles. The second kappa shape index (κ2) is 11.7. The topological polar surface area (TPSA) is 63.1 Å². The summed E-state index contributed by atoms with van der Waals surface area (Å²) in [4.78, 5) is 23.9. The smallest absolute Gasteiger partial charge is 0.221 e. The van der Waals surface area contributed by atoms with E-state index in [1.165, 1.54) is 19.1 Å². The number of aromatic nitrogens is 1. The lowest BCUT2D eigenvalue weighted by atomic mass is 10.1. The fraction of sp³-hybridized carbons (Fsp3) is 0.172. The molecular formula is C29H27ClFN3O2. The molecule has 184 valence electrons. The van der Waals surface area contributed by atoms with Crippen molar-refractivity contribution >= 4 is 29.1 Å². The Morgan fingerprint density at radius 3 is 2.36 bits per heavy atom. The van der Waals surface area contributed by atoms with Crippen LogP contribution in [0, 0.1) is 5.82 Å². The zero-order valence-electron chi connectivity index (χ0n) is 19.9. The number of amides is 2. The highest BCUT2D eigenvalue weighted by Crippen LogP contribution is 2.28. The number of halogens is 2. The molecule has 2 amide bonds. The molecule has 0 spiro atoms. The van der Waals surface area contributed by atoms with Crippen molar-refractivity contribution in [3.8, 4) is 16.9 Å². The molecule has 0 saturated carbocycles. The van der Waals surface area contributed by atoms with E-state index in [0.29, 0.717) is 36.5 Å². The fourth-order valence-electron chi connectivity index (χ4n) is 4.09. The number of nitrogens with one attached hydrogen (secondary N) is 2. The number of anilines is 1. The van der Waals surface area contributed by atoms with Crippen molar-refractivity contribution in [3.05, 3.63) is 107 Å². The number of hydrogen-bond acceptors (Lipinski definition) is 2. The highest BCUT2D eigenvalue weighted by atomic mass is 35.5. The van der Waals surface area contributed by atoms with E-state index in [0.717, 1.165) is 28.2 Å². The summed E-state index contributed by atoms with van der Waals surface area (Å²) in [5, 5.41) is 6.43. The largest absolute Gasteiger partial charge is 0.356 e. The van der Waals surface area contributed by atoms with Crippen molar-refractivity contribution in [3.63, 3.8) is 0 Å². The van der Waals surface area contributed by atoms with Gasteiger partial charge in [-0.25, -0.2) is 4.39 Å². The first-order chi connectivity index (χ1) is 17.4. The maximum absolute atomic E-state index is 13.5. The first kappa shape index (κ1) is 25.2. The lowest BCUT2D eigenvalue weighted by molar-refractivity contribution is -0.121. The third kappa shape index (κ3) is 6.61. The van der Waals surface area contributed by atoms with Gasteiger partial charge in [0, 0.05) is 42.0 Å². The van der Waals surface area contributed by atoms with Crippen LogP contribution in [0.2, 0.25) is 5.02 Å². The maximum Gasteiger partial charge on any atom is 0.221 e. The molecule has 0 fully saturated rings. The minimum atomic E-state index is -0.300. The predicted octanol–water partition coefficient (Wildman–Crippen LogP) is 6.19. The van der Waals surface area contributed by atoms with Gasteiger partial charge in [0.15, 0.2) is 0 Å². The van der Waals surface area contributed by atoms with Crippen molar-refractivity contribution in [2.45, 2.75) is 26.2 Å². The summed E-state index contributed by atoms with van der Waals surface area (Å²) in [7, 11) is 0. The second-order valence-corrected chi connectivity index (χ2v) is 8.95. The van der Waals surface area contributed by atoms with Crippen LogP contribution in [0.5, 0.6) is 0 Å². The van der Waals surface area contributed by atoms with Crippen LogP contribution in [-0.4, -0.2) is 22.9 Å². The Labute approximate surface area is 214 Å². The standard InChI is InChI=1S/C29H27ClFN3O2/c1-20(35)33-25-9-11-26(12-10-25)34-27(13-15-28(34)22-5-7-24(31)8-6-22)14-16-29(36)32-18-17-21-3-2-4-23(30)19-21/h2-13,15,19H,14,16-18H2,1H3,(H,32,36)(H,33,35). The number of rotatable bonds is 9. The van der Waals surface area contributed by atoms with Gasteiger partial charge in [0.05, 0.1) is 5.69 Å². The SMILES string of the molecule is CC(=O)Nc1ccc(-n2c(CCC(=O)NCCc3cccc(Cl)c3)ccc2-c2ccc(F)cc2)cc1. The molecule has 4 rings (SSSR count). The summed E-state index contributed by atoms with van der Waals surface area (Å²) < 4.78 is 15.6. The first-order valence-electron chi connectivity index (χ1n) is 11.7. The molecule has 0 aliphatic heterocycles. The number of carbonyl (C=O) groups is 2. The van der Waals surface area contributed by atoms with Gasteiger partial charge in [-0.3, -0.25) is 9.59 Å². The second-order valence-electron chi connectivity index (χ2n) is 8.51. The normalized spacial score (nSPS) is 10.8. The maximum atomic E-state index is 13.5. The first-order valence-corrected chi connectivity index (χ1v) is 12.1. The molecule has 0 atom stereocenters. The quantitative estimate of drug-likeness (QED) is 0.286. The Morgan fingerprint density at radius 2 is 1.67 bits per heavy atom. The highest BCUT2D eigenvalue weighted by Gasteiger charge is 2.14. The Kier molecular flexibility index (Phi) is 8.18. The molecular weight excluding hydrogens is 477 g/mol. The zero-order valence-corrected chi connectivity index (χ0v) is 20.7. The van der Waals surface area contributed by atoms with Crippen molar-refractivity contribution in [1.82, 2.24) is 9.88 Å². The van der Waals surface area contributed by atoms with E-state index in [-0.39, 0.29) is 17.6 Å². The molecule has 4 aromatic rings. The number of aryl methyl sites for hydroxylation is 1. The van der Waals surface area contributed by atoms with Gasteiger partial charge in [-0.05, 0) is 96.8 Å². The van der Waals surface area contributed by atoms with Gasteiger partial charge in [0.1, 0.15) is 5.82 Å². The number of nitrogens with zero attached hydrogens (tertiary/aromatic N) is 1. The average Bonchev–Trinajstić information content (AvgIpc) is 3.27. The summed E-state index contributed by atoms with van der Waals surface area (Å²) in [6, 6.07) is 25.4. The molecule has 0 unspecified atom stereocenters. The van der Waals surface area contributed by atoms with Crippen LogP contribution in [-0.2, 0) is 22.4 Å². The Hall–Kier alpha value is -3.90. The fourth-order valence-corrected chi connectivity index (χ4v) is 4.30. The van der Waals surface area contributed by atoms with Crippen molar-refractivity contribution in [2.75, 3.05) is 11.9 Å². The van der Waals surface area contributed by atoms with E-state index in [9.17, 15) is 14.0 Å². The molecule has 0 bridgehead atoms. The van der Waals surface area contributed by atoms with Crippen molar-refractivity contribution in [2.24, 2.45) is 0 Å². The van der Waals surface area contributed by atoms with E-state index >= 15 is 0 Å². The van der Waals surface area contributed by atoms with Crippen LogP contribution in [0.15, 0.2) is 84.9 Å². The van der Waals surface area contributed by atoms with Gasteiger partial charge in [-0.1, -0.05) is 23.7 Å². The summed E-state index contributed by atoms with van der Waals surface area (Å²) in [6.45, 7) is 2.00. The third-order valence-corrected chi connectivity index (χ3v) is 6.02. The molecule has 0 aliphatic carbocycles. The van der Waals surface area contributed by atoms with Crippen LogP contribution in [0.25, 0.3) is 16.9 Å². The summed E-state index contributed by atoms with van der Waals surface area (Å²) in [5.74, 6) is -0.474. The molecule has 2 N–H and O–H groups in total. The van der Waals surface area contributed by atoms with E-state index in [2.05, 4.69) is 15.2 Å². The lowest BCUT2D eigenvalue weighted by Crippen LogP contribution is -2.26. The monoisotopic (exact) mass is 503 g/mol. The van der Waals surface area contributed by atoms with Crippen molar-refractivity contribution in [1.29, 1.82) is 0 Å². The molecule has 7 heteroatoms. The Bertz CT molecular complexity index is 1350. The Morgan fingerprint density at radius 1 is 0.917 bits per heavy atom. The molecule has 1 aromatic heterocycles. The summed E-state index contributed by atoms with van der Waals surface area (Å²) >= 11 is 6.03. The molecule has 5 nitrogen and oxygen atoms in total. The molecule has 0 aliphatic rings. The summed E-state index contributed by atoms with van der Waals surface area (Å²) in [5.41, 5.74) is 5.35. The van der Waals surface area contributed by atoms with Gasteiger partial charge in [0.2, 0.25) is 11.8 Å². The third-order valence-electron chi connectivity index (χ3n) is 5.78. The van der Waals surface area contributed by atoms with Gasteiger partial charge in [0.25, 0.3) is 0 Å². The van der Waals surface area contributed by atoms with Crippen LogP contribution in [0.3, 0.4) is 0 Å². The van der Waals surface area contributed by atoms with Gasteiger partial charge in [-0.2, -0.15) is 0 Å². The van der Waals surface area contributed by atoms with Gasteiger partial charge in [-0.15, -0.1) is 0 Å². The number of carbonyl (C=O) groups excluding carboxylic acids is 2. The van der Waals surface area contributed by atoms with Gasteiger partial charge < -0.3 is 15.2 Å². The predicted molar refractivity (Wildman–Crippen MR) is 142 cm³/mol. The van der Waals surface area contributed by atoms with E-state index in [1.54, 1.807) is 12.1 Å². The lowest BCUT2D eigenvalue weighted by Gasteiger charge is -2.15. The van der Waals surface area contributed by atoms with Gasteiger partial charge >= 0.3 is 0 Å². The van der Waals surface area contributed by atoms with Crippen LogP contribution < -0.4 is 10.6 Å².